The van der Waals surface area contributed by atoms with Crippen LogP contribution in [0.15, 0.2) is 23.4 Å². The molecule has 2 unspecified atom stereocenters. The topological polar surface area (TPSA) is 75.7 Å². The summed E-state index contributed by atoms with van der Waals surface area (Å²) in [5.74, 6) is -0.474. The maximum Gasteiger partial charge on any atom is 0.334 e. The maximum absolute atomic E-state index is 12.6. The molecule has 0 saturated carbocycles. The molecule has 0 aromatic rings. The van der Waals surface area contributed by atoms with Crippen LogP contribution >= 0.6 is 0 Å². The number of amides is 2. The van der Waals surface area contributed by atoms with Crippen molar-refractivity contribution in [3.8, 4) is 0 Å². The standard InChI is InChI=1S/C21H30N2O4/c1-14-12-15(7-8-16(14)18(25)27-20(2,3)4)23-11-10-21(13-23)9-5-6-17(24)22-19(21)26/h7-8,14H,5-6,9-13H2,1-4H3,(H,22,24,26). The highest BCUT2D eigenvalue weighted by Gasteiger charge is 2.46. The number of carbonyl (C=O) groups is 3. The number of esters is 1. The number of imide groups is 1. The fourth-order valence-electron chi connectivity index (χ4n) is 4.21. The van der Waals surface area contributed by atoms with Gasteiger partial charge in [-0.05, 0) is 64.5 Å². The second kappa shape index (κ2) is 7.13. The summed E-state index contributed by atoms with van der Waals surface area (Å²) >= 11 is 0. The minimum atomic E-state index is -0.507. The maximum atomic E-state index is 12.6. The van der Waals surface area contributed by atoms with Crippen LogP contribution in [0.5, 0.6) is 0 Å². The second-order valence-corrected chi connectivity index (χ2v) is 9.07. The molecule has 0 aromatic heterocycles. The van der Waals surface area contributed by atoms with E-state index in [0.717, 1.165) is 37.9 Å². The summed E-state index contributed by atoms with van der Waals surface area (Å²) in [6.07, 6.45) is 7.29. The van der Waals surface area contributed by atoms with Gasteiger partial charge in [-0.15, -0.1) is 0 Å². The van der Waals surface area contributed by atoms with E-state index in [0.29, 0.717) is 18.5 Å². The van der Waals surface area contributed by atoms with Crippen molar-refractivity contribution in [2.45, 2.75) is 65.4 Å². The summed E-state index contributed by atoms with van der Waals surface area (Å²) in [6.45, 7) is 9.08. The Balaban J connectivity index is 1.72. The molecule has 2 heterocycles. The van der Waals surface area contributed by atoms with Gasteiger partial charge in [-0.2, -0.15) is 0 Å². The lowest BCUT2D eigenvalue weighted by Gasteiger charge is -2.31. The van der Waals surface area contributed by atoms with Gasteiger partial charge in [-0.1, -0.05) is 6.92 Å². The predicted octanol–water partition coefficient (Wildman–Crippen LogP) is 2.70. The summed E-state index contributed by atoms with van der Waals surface area (Å²) in [4.78, 5) is 38.8. The molecule has 0 aromatic carbocycles. The minimum Gasteiger partial charge on any atom is -0.457 e. The van der Waals surface area contributed by atoms with E-state index < -0.39 is 11.0 Å². The van der Waals surface area contributed by atoms with Crippen molar-refractivity contribution in [1.29, 1.82) is 0 Å². The van der Waals surface area contributed by atoms with Crippen molar-refractivity contribution in [2.24, 2.45) is 11.3 Å². The first-order chi connectivity index (χ1) is 12.6. The third-order valence-electron chi connectivity index (χ3n) is 5.69. The monoisotopic (exact) mass is 374 g/mol. The molecular weight excluding hydrogens is 344 g/mol. The Morgan fingerprint density at radius 3 is 2.67 bits per heavy atom. The van der Waals surface area contributed by atoms with E-state index in [-0.39, 0.29) is 23.7 Å². The van der Waals surface area contributed by atoms with Crippen LogP contribution in [0.25, 0.3) is 0 Å². The van der Waals surface area contributed by atoms with Crippen molar-refractivity contribution in [1.82, 2.24) is 10.2 Å². The van der Waals surface area contributed by atoms with Crippen LogP contribution in [0.3, 0.4) is 0 Å². The summed E-state index contributed by atoms with van der Waals surface area (Å²) in [5.41, 5.74) is 0.869. The van der Waals surface area contributed by atoms with Gasteiger partial charge in [-0.25, -0.2) is 4.79 Å². The predicted molar refractivity (Wildman–Crippen MR) is 101 cm³/mol. The van der Waals surface area contributed by atoms with Crippen molar-refractivity contribution >= 4 is 17.8 Å². The molecule has 3 aliphatic rings. The quantitative estimate of drug-likeness (QED) is 0.594. The highest BCUT2D eigenvalue weighted by atomic mass is 16.6. The molecule has 2 fully saturated rings. The molecule has 6 heteroatoms. The van der Waals surface area contributed by atoms with Crippen LogP contribution in [-0.4, -0.2) is 41.4 Å². The van der Waals surface area contributed by atoms with Gasteiger partial charge < -0.3 is 9.64 Å². The molecular formula is C21H30N2O4. The lowest BCUT2D eigenvalue weighted by atomic mass is 9.82. The van der Waals surface area contributed by atoms with Gasteiger partial charge in [0, 0.05) is 30.8 Å². The molecule has 2 amide bonds. The van der Waals surface area contributed by atoms with Gasteiger partial charge in [0.15, 0.2) is 0 Å². The molecule has 0 radical (unpaired) electrons. The molecule has 1 aliphatic carbocycles. The Morgan fingerprint density at radius 2 is 2.00 bits per heavy atom. The zero-order valence-electron chi connectivity index (χ0n) is 16.8. The highest BCUT2D eigenvalue weighted by Crippen LogP contribution is 2.41. The number of allylic oxidation sites excluding steroid dienone is 3. The number of nitrogens with zero attached hydrogens (tertiary/aromatic N) is 1. The average Bonchev–Trinajstić information content (AvgIpc) is 2.92. The van der Waals surface area contributed by atoms with Crippen LogP contribution in [0, 0.1) is 11.3 Å². The summed E-state index contributed by atoms with van der Waals surface area (Å²) < 4.78 is 5.50. The lowest BCUT2D eigenvalue weighted by molar-refractivity contribution is -0.150. The van der Waals surface area contributed by atoms with Gasteiger partial charge in [0.2, 0.25) is 11.8 Å². The number of hydrogen-bond donors (Lipinski definition) is 1. The van der Waals surface area contributed by atoms with Crippen LogP contribution in [0.2, 0.25) is 0 Å². The minimum absolute atomic E-state index is 0.0703. The number of carbonyl (C=O) groups excluding carboxylic acids is 3. The molecule has 2 aliphatic heterocycles. The number of hydrogen-bond acceptors (Lipinski definition) is 5. The summed E-state index contributed by atoms with van der Waals surface area (Å²) in [6, 6.07) is 0. The van der Waals surface area contributed by atoms with Gasteiger partial charge in [0.05, 0.1) is 5.41 Å². The molecule has 6 nitrogen and oxygen atoms in total. The van der Waals surface area contributed by atoms with E-state index in [9.17, 15) is 14.4 Å². The molecule has 3 rings (SSSR count). The average molecular weight is 374 g/mol. The van der Waals surface area contributed by atoms with Gasteiger partial charge in [-0.3, -0.25) is 14.9 Å². The van der Waals surface area contributed by atoms with Crippen molar-refractivity contribution < 1.29 is 19.1 Å². The Bertz CT molecular complexity index is 716. The first-order valence-electron chi connectivity index (χ1n) is 9.83. The second-order valence-electron chi connectivity index (χ2n) is 9.07. The lowest BCUT2D eigenvalue weighted by Crippen LogP contribution is -2.43. The zero-order valence-corrected chi connectivity index (χ0v) is 16.8. The SMILES string of the molecule is CC1CC(N2CCC3(CCCC(=O)NC3=O)C2)=CC=C1C(=O)OC(C)(C)C. The molecule has 0 bridgehead atoms. The van der Waals surface area contributed by atoms with Crippen molar-refractivity contribution in [3.05, 3.63) is 23.4 Å². The molecule has 148 valence electrons. The number of rotatable bonds is 2. The fourth-order valence-corrected chi connectivity index (χ4v) is 4.21. The van der Waals surface area contributed by atoms with E-state index >= 15 is 0 Å². The van der Waals surface area contributed by atoms with Gasteiger partial charge >= 0.3 is 5.97 Å². The zero-order chi connectivity index (χ0) is 19.8. The van der Waals surface area contributed by atoms with E-state index in [1.165, 1.54) is 0 Å². The van der Waals surface area contributed by atoms with E-state index in [4.69, 9.17) is 4.74 Å². The van der Waals surface area contributed by atoms with E-state index in [2.05, 4.69) is 10.2 Å². The van der Waals surface area contributed by atoms with Crippen molar-refractivity contribution in [2.75, 3.05) is 13.1 Å². The molecule has 2 saturated heterocycles. The van der Waals surface area contributed by atoms with Gasteiger partial charge in [0.1, 0.15) is 5.60 Å². The molecule has 1 N–H and O–H groups in total. The first-order valence-corrected chi connectivity index (χ1v) is 9.83. The molecule has 1 spiro atoms. The Hall–Kier alpha value is -2.11. The summed E-state index contributed by atoms with van der Waals surface area (Å²) in [5, 5.41) is 2.55. The summed E-state index contributed by atoms with van der Waals surface area (Å²) in [7, 11) is 0. The fraction of sp³-hybridized carbons (Fsp3) is 0.667. The van der Waals surface area contributed by atoms with Gasteiger partial charge in [0.25, 0.3) is 0 Å². The number of likely N-dealkylation sites (tertiary alicyclic amines) is 1. The molecule has 2 atom stereocenters. The van der Waals surface area contributed by atoms with E-state index in [1.807, 2.05) is 39.8 Å². The Morgan fingerprint density at radius 1 is 1.26 bits per heavy atom. The normalized spacial score (nSPS) is 29.2. The first kappa shape index (κ1) is 19.6. The smallest absolute Gasteiger partial charge is 0.334 e. The number of ether oxygens (including phenoxy) is 1. The van der Waals surface area contributed by atoms with E-state index in [1.54, 1.807) is 0 Å². The third-order valence-corrected chi connectivity index (χ3v) is 5.69. The van der Waals surface area contributed by atoms with Crippen LogP contribution in [0.1, 0.15) is 59.8 Å². The molecule has 27 heavy (non-hydrogen) atoms. The Kier molecular flexibility index (Phi) is 5.19. The largest absolute Gasteiger partial charge is 0.457 e. The van der Waals surface area contributed by atoms with Crippen LogP contribution in [-0.2, 0) is 19.1 Å². The van der Waals surface area contributed by atoms with Crippen molar-refractivity contribution in [3.63, 3.8) is 0 Å². The third kappa shape index (κ3) is 4.25. The number of nitrogens with one attached hydrogen (secondary N) is 1. The highest BCUT2D eigenvalue weighted by molar-refractivity contribution is 5.99. The van der Waals surface area contributed by atoms with Crippen LogP contribution in [0.4, 0.5) is 0 Å². The Labute approximate surface area is 161 Å². The van der Waals surface area contributed by atoms with Crippen LogP contribution < -0.4 is 5.32 Å².